The Kier molecular flexibility index (Phi) is 2.41. The Morgan fingerprint density at radius 1 is 1.38 bits per heavy atom. The first-order chi connectivity index (χ1) is 7.88. The number of aldehydes is 1. The fourth-order valence-corrected chi connectivity index (χ4v) is 2.56. The van der Waals surface area contributed by atoms with Crippen LogP contribution >= 0.6 is 11.3 Å². The summed E-state index contributed by atoms with van der Waals surface area (Å²) >= 11 is 1.26. The van der Waals surface area contributed by atoms with Crippen molar-refractivity contribution in [1.29, 1.82) is 0 Å². The number of nitrogens with zero attached hydrogens (tertiary/aromatic N) is 4. The molecule has 2 aromatic heterocycles. The number of aromatic nitrogens is 4. The molecule has 0 spiro atoms. The number of rotatable bonds is 2. The molecular formula is C9H10N4O2S. The van der Waals surface area contributed by atoms with Crippen LogP contribution in [0.15, 0.2) is 0 Å². The first-order valence-corrected chi connectivity index (χ1v) is 5.95. The summed E-state index contributed by atoms with van der Waals surface area (Å²) in [7, 11) is 0. The van der Waals surface area contributed by atoms with E-state index >= 15 is 0 Å². The van der Waals surface area contributed by atoms with E-state index in [0.29, 0.717) is 15.9 Å². The molecule has 0 N–H and O–H groups in total. The van der Waals surface area contributed by atoms with Crippen LogP contribution in [0.1, 0.15) is 34.4 Å². The highest BCUT2D eigenvalue weighted by molar-refractivity contribution is 7.18. The molecule has 0 atom stereocenters. The molecule has 1 fully saturated rings. The van der Waals surface area contributed by atoms with Crippen LogP contribution in [0.4, 0.5) is 0 Å². The Morgan fingerprint density at radius 3 is 2.94 bits per heavy atom. The van der Waals surface area contributed by atoms with Gasteiger partial charge in [0.15, 0.2) is 17.1 Å². The predicted octanol–water partition coefficient (Wildman–Crippen LogP) is 0.892. The second-order valence-corrected chi connectivity index (χ2v) is 4.68. The third-order valence-corrected chi connectivity index (χ3v) is 3.54. The minimum absolute atomic E-state index is 0.338. The smallest absolute Gasteiger partial charge is 0.235 e. The molecule has 1 aliphatic heterocycles. The van der Waals surface area contributed by atoms with Gasteiger partial charge in [0, 0.05) is 19.1 Å². The summed E-state index contributed by atoms with van der Waals surface area (Å²) in [5.41, 5.74) is 0. The lowest BCUT2D eigenvalue weighted by molar-refractivity contribution is 0.0831. The zero-order chi connectivity index (χ0) is 11.0. The molecule has 1 aliphatic rings. The number of hydrogen-bond acceptors (Lipinski definition) is 6. The Labute approximate surface area is 95.2 Å². The van der Waals surface area contributed by atoms with E-state index in [-0.39, 0.29) is 0 Å². The number of carbonyl (C=O) groups is 1. The molecule has 6 nitrogen and oxygen atoms in total. The van der Waals surface area contributed by atoms with Gasteiger partial charge in [-0.15, -0.1) is 15.3 Å². The second-order valence-electron chi connectivity index (χ2n) is 3.70. The summed E-state index contributed by atoms with van der Waals surface area (Å²) in [5, 5.41) is 12.8. The standard InChI is InChI=1S/C9H10N4O2S/c14-5-7-12-13-8(10-11-9(13)16-7)6-1-3-15-4-2-6/h5-6H,1-4H2. The van der Waals surface area contributed by atoms with Gasteiger partial charge in [-0.1, -0.05) is 11.3 Å². The van der Waals surface area contributed by atoms with E-state index < -0.39 is 0 Å². The Morgan fingerprint density at radius 2 is 2.19 bits per heavy atom. The number of carbonyl (C=O) groups excluding carboxylic acids is 1. The second kappa shape index (κ2) is 3.91. The minimum atomic E-state index is 0.338. The highest BCUT2D eigenvalue weighted by Crippen LogP contribution is 2.26. The molecule has 2 aromatic rings. The molecule has 3 heterocycles. The van der Waals surface area contributed by atoms with E-state index in [1.165, 1.54) is 11.3 Å². The molecule has 0 aromatic carbocycles. The van der Waals surface area contributed by atoms with Crippen LogP contribution in [0.25, 0.3) is 4.96 Å². The fourth-order valence-electron chi connectivity index (χ4n) is 1.90. The maximum Gasteiger partial charge on any atom is 0.235 e. The van der Waals surface area contributed by atoms with Gasteiger partial charge in [-0.2, -0.15) is 4.52 Å². The van der Waals surface area contributed by atoms with E-state index in [0.717, 1.165) is 38.2 Å². The van der Waals surface area contributed by atoms with E-state index in [1.807, 2.05) is 0 Å². The van der Waals surface area contributed by atoms with Crippen LogP contribution in [0, 0.1) is 0 Å². The van der Waals surface area contributed by atoms with Gasteiger partial charge in [0.2, 0.25) is 4.96 Å². The molecule has 0 amide bonds. The van der Waals surface area contributed by atoms with Crippen molar-refractivity contribution in [3.05, 3.63) is 10.8 Å². The molecule has 0 unspecified atom stereocenters. The van der Waals surface area contributed by atoms with Crippen LogP contribution in [0.3, 0.4) is 0 Å². The topological polar surface area (TPSA) is 69.4 Å². The van der Waals surface area contributed by atoms with Crippen molar-refractivity contribution in [3.63, 3.8) is 0 Å². The van der Waals surface area contributed by atoms with E-state index in [9.17, 15) is 4.79 Å². The highest BCUT2D eigenvalue weighted by Gasteiger charge is 2.23. The van der Waals surface area contributed by atoms with Crippen LogP contribution < -0.4 is 0 Å². The zero-order valence-electron chi connectivity index (χ0n) is 8.50. The predicted molar refractivity (Wildman–Crippen MR) is 56.8 cm³/mol. The Hall–Kier alpha value is -1.34. The maximum absolute atomic E-state index is 10.6. The van der Waals surface area contributed by atoms with E-state index in [4.69, 9.17) is 4.74 Å². The van der Waals surface area contributed by atoms with Gasteiger partial charge in [-0.3, -0.25) is 4.79 Å². The molecule has 0 radical (unpaired) electrons. The van der Waals surface area contributed by atoms with Crippen LogP contribution in [0.5, 0.6) is 0 Å². The number of fused-ring (bicyclic) bond motifs is 1. The largest absolute Gasteiger partial charge is 0.381 e. The van der Waals surface area contributed by atoms with Crippen molar-refractivity contribution in [2.75, 3.05) is 13.2 Å². The third-order valence-electron chi connectivity index (χ3n) is 2.72. The summed E-state index contributed by atoms with van der Waals surface area (Å²) in [5.74, 6) is 1.19. The van der Waals surface area contributed by atoms with Crippen molar-refractivity contribution in [2.24, 2.45) is 0 Å². The van der Waals surface area contributed by atoms with Crippen LogP contribution in [-0.4, -0.2) is 39.3 Å². The van der Waals surface area contributed by atoms with Gasteiger partial charge in [0.25, 0.3) is 0 Å². The van der Waals surface area contributed by atoms with E-state index in [2.05, 4.69) is 15.3 Å². The summed E-state index contributed by atoms with van der Waals surface area (Å²) in [4.78, 5) is 11.3. The number of hydrogen-bond donors (Lipinski definition) is 0. The molecule has 7 heteroatoms. The average molecular weight is 238 g/mol. The Bertz CT molecular complexity index is 515. The van der Waals surface area contributed by atoms with Crippen molar-refractivity contribution in [3.8, 4) is 0 Å². The first-order valence-electron chi connectivity index (χ1n) is 5.13. The first kappa shape index (κ1) is 9.86. The van der Waals surface area contributed by atoms with Gasteiger partial charge in [0.1, 0.15) is 0 Å². The van der Waals surface area contributed by atoms with Crippen LogP contribution in [-0.2, 0) is 4.74 Å². The van der Waals surface area contributed by atoms with Gasteiger partial charge in [-0.25, -0.2) is 0 Å². The normalized spacial score (nSPS) is 18.0. The average Bonchev–Trinajstić information content (AvgIpc) is 2.88. The summed E-state index contributed by atoms with van der Waals surface area (Å²) < 4.78 is 6.99. The van der Waals surface area contributed by atoms with Crippen molar-refractivity contribution < 1.29 is 9.53 Å². The third kappa shape index (κ3) is 1.52. The minimum Gasteiger partial charge on any atom is -0.381 e. The van der Waals surface area contributed by atoms with Gasteiger partial charge in [0.05, 0.1) is 0 Å². The molecule has 16 heavy (non-hydrogen) atoms. The van der Waals surface area contributed by atoms with Crippen molar-refractivity contribution in [1.82, 2.24) is 19.8 Å². The monoisotopic (exact) mass is 238 g/mol. The summed E-state index contributed by atoms with van der Waals surface area (Å²) in [6.45, 7) is 1.51. The molecule has 84 valence electrons. The Balaban J connectivity index is 2.01. The summed E-state index contributed by atoms with van der Waals surface area (Å²) in [6, 6.07) is 0. The molecule has 0 saturated carbocycles. The van der Waals surface area contributed by atoms with Crippen molar-refractivity contribution >= 4 is 22.6 Å². The molecular weight excluding hydrogens is 228 g/mol. The highest BCUT2D eigenvalue weighted by atomic mass is 32.1. The lowest BCUT2D eigenvalue weighted by atomic mass is 10.00. The quantitative estimate of drug-likeness (QED) is 0.727. The lowest BCUT2D eigenvalue weighted by Gasteiger charge is -2.19. The zero-order valence-corrected chi connectivity index (χ0v) is 9.31. The fraction of sp³-hybridized carbons (Fsp3) is 0.556. The summed E-state index contributed by atoms with van der Waals surface area (Å²) in [6.07, 6.45) is 2.62. The lowest BCUT2D eigenvalue weighted by Crippen LogP contribution is -2.16. The van der Waals surface area contributed by atoms with E-state index in [1.54, 1.807) is 4.52 Å². The van der Waals surface area contributed by atoms with Gasteiger partial charge >= 0.3 is 0 Å². The van der Waals surface area contributed by atoms with Gasteiger partial charge in [-0.05, 0) is 12.8 Å². The molecule has 1 saturated heterocycles. The van der Waals surface area contributed by atoms with Gasteiger partial charge < -0.3 is 4.74 Å². The van der Waals surface area contributed by atoms with Crippen molar-refractivity contribution in [2.45, 2.75) is 18.8 Å². The number of ether oxygens (including phenoxy) is 1. The molecule has 0 bridgehead atoms. The molecule has 0 aliphatic carbocycles. The maximum atomic E-state index is 10.6. The molecule has 3 rings (SSSR count). The van der Waals surface area contributed by atoms with Crippen LogP contribution in [0.2, 0.25) is 0 Å². The SMILES string of the molecule is O=Cc1nn2c(C3CCOCC3)nnc2s1.